The zero-order chi connectivity index (χ0) is 20.1. The van der Waals surface area contributed by atoms with Crippen LogP contribution in [-0.2, 0) is 4.79 Å². The fourth-order valence-electron chi connectivity index (χ4n) is 3.56. The van der Waals surface area contributed by atoms with Crippen molar-refractivity contribution in [3.05, 3.63) is 65.0 Å². The lowest BCUT2D eigenvalue weighted by molar-refractivity contribution is -0.118. The molecule has 0 atom stereocenters. The minimum absolute atomic E-state index is 0.129. The van der Waals surface area contributed by atoms with Crippen molar-refractivity contribution < 1.29 is 13.9 Å². The number of carbonyl (C=O) groups excluding carboxylic acids is 1. The first kappa shape index (κ1) is 19.1. The van der Waals surface area contributed by atoms with Crippen molar-refractivity contribution in [1.29, 1.82) is 0 Å². The molecule has 0 spiro atoms. The highest BCUT2D eigenvalue weighted by atomic mass is 16.5. The van der Waals surface area contributed by atoms with E-state index in [-0.39, 0.29) is 12.5 Å². The van der Waals surface area contributed by atoms with Crippen molar-refractivity contribution in [3.63, 3.8) is 0 Å². The fourth-order valence-corrected chi connectivity index (χ4v) is 3.56. The molecule has 1 N–H and O–H groups in total. The molecule has 1 aliphatic rings. The van der Waals surface area contributed by atoms with E-state index in [2.05, 4.69) is 10.2 Å². The van der Waals surface area contributed by atoms with Crippen LogP contribution in [0.25, 0.3) is 11.0 Å². The molecular weight excluding hydrogens is 368 g/mol. The van der Waals surface area contributed by atoms with E-state index in [0.29, 0.717) is 11.3 Å². The Morgan fingerprint density at radius 3 is 2.45 bits per heavy atom. The van der Waals surface area contributed by atoms with Gasteiger partial charge in [0.2, 0.25) is 0 Å². The molecule has 1 aromatic heterocycles. The van der Waals surface area contributed by atoms with Gasteiger partial charge in [-0.05, 0) is 55.3 Å². The topological polar surface area (TPSA) is 71.8 Å². The lowest BCUT2D eigenvalue weighted by Gasteiger charge is -2.22. The van der Waals surface area contributed by atoms with Gasteiger partial charge in [0, 0.05) is 42.0 Å². The summed E-state index contributed by atoms with van der Waals surface area (Å²) in [6.45, 7) is 2.05. The maximum absolute atomic E-state index is 12.2. The first-order valence-corrected chi connectivity index (χ1v) is 9.99. The number of rotatable bonds is 5. The molecule has 6 heteroatoms. The van der Waals surface area contributed by atoms with Crippen molar-refractivity contribution in [2.75, 3.05) is 29.9 Å². The summed E-state index contributed by atoms with van der Waals surface area (Å²) in [6.07, 6.45) is 5.06. The number of nitrogens with zero attached hydrogens (tertiary/aromatic N) is 1. The van der Waals surface area contributed by atoms with Gasteiger partial charge in [-0.15, -0.1) is 0 Å². The third-order valence-electron chi connectivity index (χ3n) is 5.09. The molecular formula is C23H24N2O4. The average Bonchev–Trinajstić information content (AvgIpc) is 3.02. The van der Waals surface area contributed by atoms with Gasteiger partial charge in [-0.25, -0.2) is 4.79 Å². The van der Waals surface area contributed by atoms with Crippen molar-refractivity contribution in [3.8, 4) is 5.75 Å². The van der Waals surface area contributed by atoms with Gasteiger partial charge < -0.3 is 19.4 Å². The molecule has 0 bridgehead atoms. The van der Waals surface area contributed by atoms with Crippen LogP contribution in [-0.4, -0.2) is 25.6 Å². The van der Waals surface area contributed by atoms with Crippen molar-refractivity contribution in [1.82, 2.24) is 0 Å². The summed E-state index contributed by atoms with van der Waals surface area (Å²) in [4.78, 5) is 25.9. The summed E-state index contributed by atoms with van der Waals surface area (Å²) in [7, 11) is 0. The molecule has 1 saturated heterocycles. The maximum Gasteiger partial charge on any atom is 0.336 e. The highest BCUT2D eigenvalue weighted by Crippen LogP contribution is 2.22. The number of anilines is 2. The summed E-state index contributed by atoms with van der Waals surface area (Å²) in [5, 5.41) is 3.64. The molecule has 6 nitrogen and oxygen atoms in total. The molecule has 0 saturated carbocycles. The quantitative estimate of drug-likeness (QED) is 0.659. The van der Waals surface area contributed by atoms with Crippen molar-refractivity contribution >= 4 is 28.3 Å². The van der Waals surface area contributed by atoms with Crippen molar-refractivity contribution in [2.45, 2.75) is 25.7 Å². The molecule has 0 unspecified atom stereocenters. The van der Waals surface area contributed by atoms with E-state index in [1.54, 1.807) is 24.3 Å². The van der Waals surface area contributed by atoms with Crippen LogP contribution in [0.2, 0.25) is 0 Å². The maximum atomic E-state index is 12.2. The van der Waals surface area contributed by atoms with Crippen LogP contribution < -0.4 is 20.6 Å². The number of hydrogen-bond acceptors (Lipinski definition) is 5. The van der Waals surface area contributed by atoms with Gasteiger partial charge in [0.05, 0.1) is 0 Å². The zero-order valence-corrected chi connectivity index (χ0v) is 16.2. The van der Waals surface area contributed by atoms with Gasteiger partial charge >= 0.3 is 5.63 Å². The number of hydrogen-bond donors (Lipinski definition) is 1. The summed E-state index contributed by atoms with van der Waals surface area (Å²) in [5.41, 5.74) is 1.94. The second kappa shape index (κ2) is 8.82. The van der Waals surface area contributed by atoms with E-state index >= 15 is 0 Å². The van der Waals surface area contributed by atoms with Crippen LogP contribution in [0.15, 0.2) is 63.8 Å². The fraction of sp³-hybridized carbons (Fsp3) is 0.304. The van der Waals surface area contributed by atoms with Crippen LogP contribution in [0.4, 0.5) is 11.4 Å². The Morgan fingerprint density at radius 1 is 0.966 bits per heavy atom. The van der Waals surface area contributed by atoms with Gasteiger partial charge in [-0.1, -0.05) is 12.8 Å². The number of amides is 1. The molecule has 29 heavy (non-hydrogen) atoms. The summed E-state index contributed by atoms with van der Waals surface area (Å²) in [5.74, 6) is 0.223. The van der Waals surface area contributed by atoms with E-state index < -0.39 is 5.63 Å². The molecule has 0 radical (unpaired) electrons. The molecule has 3 aromatic rings. The number of fused-ring (bicyclic) bond motifs is 1. The van der Waals surface area contributed by atoms with E-state index in [9.17, 15) is 9.59 Å². The molecule has 2 aromatic carbocycles. The standard InChI is InChI=1S/C23H24N2O4/c26-22(16-28-20-11-5-17-6-12-23(27)29-21(17)15-20)24-18-7-9-19(10-8-18)25-13-3-1-2-4-14-25/h5-12,15H,1-4,13-14,16H2,(H,24,26). The molecule has 1 amide bonds. The second-order valence-corrected chi connectivity index (χ2v) is 7.24. The number of nitrogens with one attached hydrogen (secondary N) is 1. The largest absolute Gasteiger partial charge is 0.484 e. The molecule has 4 rings (SSSR count). The van der Waals surface area contributed by atoms with Crippen LogP contribution >= 0.6 is 0 Å². The minimum atomic E-state index is -0.420. The normalized spacial score (nSPS) is 14.4. The van der Waals surface area contributed by atoms with Gasteiger partial charge in [-0.2, -0.15) is 0 Å². The molecule has 2 heterocycles. The summed E-state index contributed by atoms with van der Waals surface area (Å²) >= 11 is 0. The Balaban J connectivity index is 1.33. The Morgan fingerprint density at radius 2 is 1.69 bits per heavy atom. The summed E-state index contributed by atoms with van der Waals surface area (Å²) < 4.78 is 10.7. The van der Waals surface area contributed by atoms with E-state index in [1.165, 1.54) is 37.4 Å². The predicted octanol–water partition coefficient (Wildman–Crippen LogP) is 4.19. The van der Waals surface area contributed by atoms with Crippen LogP contribution in [0.3, 0.4) is 0 Å². The molecule has 150 valence electrons. The second-order valence-electron chi connectivity index (χ2n) is 7.24. The third kappa shape index (κ3) is 4.96. The van der Waals surface area contributed by atoms with E-state index in [4.69, 9.17) is 9.15 Å². The number of benzene rings is 2. The Kier molecular flexibility index (Phi) is 5.79. The van der Waals surface area contributed by atoms with Gasteiger partial charge in [-0.3, -0.25) is 4.79 Å². The molecule has 1 aliphatic heterocycles. The van der Waals surface area contributed by atoms with Gasteiger partial charge in [0.25, 0.3) is 5.91 Å². The van der Waals surface area contributed by atoms with Gasteiger partial charge in [0.15, 0.2) is 6.61 Å². The first-order valence-electron chi connectivity index (χ1n) is 9.99. The van der Waals surface area contributed by atoms with Crippen LogP contribution in [0, 0.1) is 0 Å². The van der Waals surface area contributed by atoms with E-state index in [0.717, 1.165) is 24.2 Å². The number of carbonyl (C=O) groups is 1. The number of ether oxygens (including phenoxy) is 1. The highest BCUT2D eigenvalue weighted by molar-refractivity contribution is 5.92. The lowest BCUT2D eigenvalue weighted by atomic mass is 10.2. The third-order valence-corrected chi connectivity index (χ3v) is 5.09. The van der Waals surface area contributed by atoms with Crippen molar-refractivity contribution in [2.24, 2.45) is 0 Å². The monoisotopic (exact) mass is 392 g/mol. The predicted molar refractivity (Wildman–Crippen MR) is 114 cm³/mol. The zero-order valence-electron chi connectivity index (χ0n) is 16.2. The molecule has 0 aliphatic carbocycles. The Bertz CT molecular complexity index is 1030. The first-order chi connectivity index (χ1) is 14.2. The SMILES string of the molecule is O=C(COc1ccc2ccc(=O)oc2c1)Nc1ccc(N2CCCCCC2)cc1. The Labute approximate surface area is 169 Å². The van der Waals surface area contributed by atoms with Crippen LogP contribution in [0.5, 0.6) is 5.75 Å². The van der Waals surface area contributed by atoms with E-state index in [1.807, 2.05) is 24.3 Å². The summed E-state index contributed by atoms with van der Waals surface area (Å²) in [6, 6.07) is 16.1. The van der Waals surface area contributed by atoms with Gasteiger partial charge in [0.1, 0.15) is 11.3 Å². The smallest absolute Gasteiger partial charge is 0.336 e. The highest BCUT2D eigenvalue weighted by Gasteiger charge is 2.10. The lowest BCUT2D eigenvalue weighted by Crippen LogP contribution is -2.24. The molecule has 1 fully saturated rings. The average molecular weight is 392 g/mol. The Hall–Kier alpha value is -3.28. The minimum Gasteiger partial charge on any atom is -0.484 e. The van der Waals surface area contributed by atoms with Crippen LogP contribution in [0.1, 0.15) is 25.7 Å².